The molecule has 0 radical (unpaired) electrons. The van der Waals surface area contributed by atoms with Crippen LogP contribution < -0.4 is 15.4 Å². The van der Waals surface area contributed by atoms with Crippen molar-refractivity contribution in [1.29, 1.82) is 0 Å². The molecule has 8 nitrogen and oxygen atoms in total. The van der Waals surface area contributed by atoms with Gasteiger partial charge >= 0.3 is 0 Å². The van der Waals surface area contributed by atoms with E-state index >= 15 is 0 Å². The SMILES string of the molecule is O=C(N[C@H]1CCNC1)c1cccc(S(=O)(=O)NCc2ccncn2)c1. The lowest BCUT2D eigenvalue weighted by Crippen LogP contribution is -2.36. The van der Waals surface area contributed by atoms with Crippen LogP contribution in [0, 0.1) is 0 Å². The van der Waals surface area contributed by atoms with Crippen LogP contribution in [0.25, 0.3) is 0 Å². The van der Waals surface area contributed by atoms with Crippen molar-refractivity contribution in [2.24, 2.45) is 0 Å². The largest absolute Gasteiger partial charge is 0.348 e. The number of aromatic nitrogens is 2. The number of sulfonamides is 1. The van der Waals surface area contributed by atoms with E-state index in [1.54, 1.807) is 24.4 Å². The van der Waals surface area contributed by atoms with E-state index in [2.05, 4.69) is 25.3 Å². The van der Waals surface area contributed by atoms with Crippen LogP contribution in [-0.4, -0.2) is 43.4 Å². The molecule has 132 valence electrons. The zero-order chi connectivity index (χ0) is 17.7. The van der Waals surface area contributed by atoms with Gasteiger partial charge in [-0.15, -0.1) is 0 Å². The van der Waals surface area contributed by atoms with Crippen molar-refractivity contribution in [3.63, 3.8) is 0 Å². The number of amides is 1. The van der Waals surface area contributed by atoms with Crippen LogP contribution in [0.4, 0.5) is 0 Å². The van der Waals surface area contributed by atoms with Gasteiger partial charge in [0.1, 0.15) is 6.33 Å². The van der Waals surface area contributed by atoms with Gasteiger partial charge in [-0.1, -0.05) is 6.07 Å². The first-order chi connectivity index (χ1) is 12.0. The Morgan fingerprint density at radius 3 is 2.92 bits per heavy atom. The molecule has 1 aromatic carbocycles. The fraction of sp³-hybridized carbons (Fsp3) is 0.312. The highest BCUT2D eigenvalue weighted by atomic mass is 32.2. The summed E-state index contributed by atoms with van der Waals surface area (Å²) < 4.78 is 27.3. The number of rotatable bonds is 6. The molecule has 1 saturated heterocycles. The summed E-state index contributed by atoms with van der Waals surface area (Å²) in [6, 6.07) is 7.68. The van der Waals surface area contributed by atoms with Crippen LogP contribution in [0.5, 0.6) is 0 Å². The molecule has 1 fully saturated rings. The van der Waals surface area contributed by atoms with Crippen LogP contribution in [0.3, 0.4) is 0 Å². The Morgan fingerprint density at radius 1 is 1.32 bits per heavy atom. The van der Waals surface area contributed by atoms with E-state index in [0.29, 0.717) is 11.3 Å². The number of nitrogens with one attached hydrogen (secondary N) is 3. The molecule has 25 heavy (non-hydrogen) atoms. The van der Waals surface area contributed by atoms with E-state index in [4.69, 9.17) is 0 Å². The van der Waals surface area contributed by atoms with E-state index in [0.717, 1.165) is 19.5 Å². The predicted molar refractivity (Wildman–Crippen MR) is 91.2 cm³/mol. The average Bonchev–Trinajstić information content (AvgIpc) is 3.14. The molecule has 1 aliphatic rings. The Hall–Kier alpha value is -2.36. The number of benzene rings is 1. The van der Waals surface area contributed by atoms with Crippen LogP contribution in [0.1, 0.15) is 22.5 Å². The summed E-state index contributed by atoms with van der Waals surface area (Å²) in [5.41, 5.74) is 0.873. The van der Waals surface area contributed by atoms with Gasteiger partial charge < -0.3 is 10.6 Å². The zero-order valence-corrected chi connectivity index (χ0v) is 14.3. The zero-order valence-electron chi connectivity index (χ0n) is 13.5. The maximum absolute atomic E-state index is 12.4. The summed E-state index contributed by atoms with van der Waals surface area (Å²) in [6.45, 7) is 1.64. The van der Waals surface area contributed by atoms with Crippen LogP contribution >= 0.6 is 0 Å². The van der Waals surface area contributed by atoms with Crippen LogP contribution in [0.2, 0.25) is 0 Å². The molecule has 1 aliphatic heterocycles. The van der Waals surface area contributed by atoms with Crippen molar-refractivity contribution in [3.05, 3.63) is 54.1 Å². The maximum atomic E-state index is 12.4. The van der Waals surface area contributed by atoms with Crippen LogP contribution in [-0.2, 0) is 16.6 Å². The second kappa shape index (κ2) is 7.68. The molecule has 2 aromatic rings. The Morgan fingerprint density at radius 2 is 2.20 bits per heavy atom. The Kier molecular flexibility index (Phi) is 5.37. The molecule has 1 amide bonds. The van der Waals surface area contributed by atoms with Gasteiger partial charge in [0.25, 0.3) is 5.91 Å². The van der Waals surface area contributed by atoms with Gasteiger partial charge in [-0.3, -0.25) is 4.79 Å². The molecule has 1 atom stereocenters. The molecule has 0 spiro atoms. The number of hydrogen-bond acceptors (Lipinski definition) is 6. The van der Waals surface area contributed by atoms with Gasteiger partial charge in [0.2, 0.25) is 10.0 Å². The lowest BCUT2D eigenvalue weighted by atomic mass is 10.2. The fourth-order valence-corrected chi connectivity index (χ4v) is 3.57. The molecular weight excluding hydrogens is 342 g/mol. The first-order valence-electron chi connectivity index (χ1n) is 7.91. The van der Waals surface area contributed by atoms with E-state index in [1.165, 1.54) is 18.5 Å². The number of hydrogen-bond donors (Lipinski definition) is 3. The summed E-state index contributed by atoms with van der Waals surface area (Å²) in [6.07, 6.45) is 3.76. The third-order valence-corrected chi connectivity index (χ3v) is 5.29. The minimum absolute atomic E-state index is 0.0405. The van der Waals surface area contributed by atoms with E-state index in [-0.39, 0.29) is 23.4 Å². The number of carbonyl (C=O) groups is 1. The molecule has 0 unspecified atom stereocenters. The van der Waals surface area contributed by atoms with Gasteiger partial charge in [0.15, 0.2) is 0 Å². The van der Waals surface area contributed by atoms with Gasteiger partial charge in [-0.05, 0) is 37.2 Å². The number of carbonyl (C=O) groups excluding carboxylic acids is 1. The summed E-state index contributed by atoms with van der Waals surface area (Å²) >= 11 is 0. The molecule has 1 aromatic heterocycles. The molecule has 0 aliphatic carbocycles. The Balaban J connectivity index is 1.69. The third kappa shape index (κ3) is 4.59. The Labute approximate surface area is 146 Å². The highest BCUT2D eigenvalue weighted by Crippen LogP contribution is 2.12. The van der Waals surface area contributed by atoms with Crippen molar-refractivity contribution in [1.82, 2.24) is 25.3 Å². The first kappa shape index (κ1) is 17.5. The van der Waals surface area contributed by atoms with Crippen molar-refractivity contribution in [2.45, 2.75) is 23.9 Å². The Bertz CT molecular complexity index is 836. The minimum Gasteiger partial charge on any atom is -0.348 e. The van der Waals surface area contributed by atoms with Crippen molar-refractivity contribution in [2.75, 3.05) is 13.1 Å². The van der Waals surface area contributed by atoms with Crippen molar-refractivity contribution in [3.8, 4) is 0 Å². The molecule has 9 heteroatoms. The lowest BCUT2D eigenvalue weighted by Gasteiger charge is -2.12. The number of nitrogens with zero attached hydrogens (tertiary/aromatic N) is 2. The highest BCUT2D eigenvalue weighted by molar-refractivity contribution is 7.89. The van der Waals surface area contributed by atoms with E-state index in [1.807, 2.05) is 0 Å². The fourth-order valence-electron chi connectivity index (χ4n) is 2.53. The third-order valence-electron chi connectivity index (χ3n) is 3.89. The topological polar surface area (TPSA) is 113 Å². The predicted octanol–water partition coefficient (Wildman–Crippen LogP) is 0.0468. The van der Waals surface area contributed by atoms with E-state index < -0.39 is 10.0 Å². The quantitative estimate of drug-likeness (QED) is 0.670. The monoisotopic (exact) mass is 361 g/mol. The molecule has 3 rings (SSSR count). The summed E-state index contributed by atoms with van der Waals surface area (Å²) in [4.78, 5) is 20.1. The highest BCUT2D eigenvalue weighted by Gasteiger charge is 2.20. The van der Waals surface area contributed by atoms with Gasteiger partial charge in [0.05, 0.1) is 17.1 Å². The van der Waals surface area contributed by atoms with Gasteiger partial charge in [0, 0.05) is 24.3 Å². The molecule has 0 bridgehead atoms. The van der Waals surface area contributed by atoms with Crippen LogP contribution in [0.15, 0.2) is 47.8 Å². The normalized spacial score (nSPS) is 17.4. The summed E-state index contributed by atoms with van der Waals surface area (Å²) in [5.74, 6) is -0.276. The van der Waals surface area contributed by atoms with E-state index in [9.17, 15) is 13.2 Å². The van der Waals surface area contributed by atoms with Gasteiger partial charge in [-0.2, -0.15) is 0 Å². The molecule has 2 heterocycles. The lowest BCUT2D eigenvalue weighted by molar-refractivity contribution is 0.0940. The second-order valence-electron chi connectivity index (χ2n) is 5.72. The maximum Gasteiger partial charge on any atom is 0.251 e. The smallest absolute Gasteiger partial charge is 0.251 e. The molecule has 3 N–H and O–H groups in total. The van der Waals surface area contributed by atoms with Crippen molar-refractivity contribution >= 4 is 15.9 Å². The average molecular weight is 361 g/mol. The standard InChI is InChI=1S/C16H19N5O3S/c22-16(21-14-5-6-17-9-14)12-2-1-3-15(8-12)25(23,24)20-10-13-4-7-18-11-19-13/h1-4,7-8,11,14,17,20H,5-6,9-10H2,(H,21,22)/t14-/m0/s1. The summed E-state index contributed by atoms with van der Waals surface area (Å²) in [5, 5.41) is 6.06. The summed E-state index contributed by atoms with van der Waals surface area (Å²) in [7, 11) is -3.74. The molecule has 0 saturated carbocycles. The minimum atomic E-state index is -3.74. The van der Waals surface area contributed by atoms with Crippen molar-refractivity contribution < 1.29 is 13.2 Å². The second-order valence-corrected chi connectivity index (χ2v) is 7.48. The van der Waals surface area contributed by atoms with Gasteiger partial charge in [-0.25, -0.2) is 23.1 Å². The molecular formula is C16H19N5O3S. The first-order valence-corrected chi connectivity index (χ1v) is 9.39.